The molecule has 0 bridgehead atoms. The molecule has 42 heavy (non-hydrogen) atoms. The molecule has 1 atom stereocenters. The molecule has 1 saturated heterocycles. The zero-order valence-corrected chi connectivity index (χ0v) is 24.9. The van der Waals surface area contributed by atoms with Crippen molar-refractivity contribution in [2.24, 2.45) is 0 Å². The van der Waals surface area contributed by atoms with Gasteiger partial charge in [-0.15, -0.1) is 0 Å². The number of urea groups is 1. The number of nitrogens with zero attached hydrogens (tertiary/aromatic N) is 5. The number of anilines is 3. The summed E-state index contributed by atoms with van der Waals surface area (Å²) in [4.78, 5) is 44.3. The lowest BCUT2D eigenvalue weighted by Crippen LogP contribution is -2.44. The first kappa shape index (κ1) is 29.1. The number of carbonyl (C=O) groups excluding carboxylic acids is 2. The predicted molar refractivity (Wildman–Crippen MR) is 160 cm³/mol. The van der Waals surface area contributed by atoms with Gasteiger partial charge in [0.1, 0.15) is 11.2 Å². The highest BCUT2D eigenvalue weighted by atomic mass is 16.5. The van der Waals surface area contributed by atoms with Crippen molar-refractivity contribution in [1.82, 2.24) is 19.9 Å². The van der Waals surface area contributed by atoms with Crippen LogP contribution in [0.2, 0.25) is 0 Å². The molecule has 4 heterocycles. The maximum atomic E-state index is 13.9. The van der Waals surface area contributed by atoms with Crippen LogP contribution in [0.4, 0.5) is 22.1 Å². The van der Waals surface area contributed by atoms with E-state index in [1.165, 1.54) is 13.3 Å². The molecule has 5 rings (SSSR count). The molecule has 0 saturated carbocycles. The topological polar surface area (TPSA) is 131 Å². The number of ether oxygens (including phenoxy) is 3. The van der Waals surface area contributed by atoms with Crippen LogP contribution in [0.3, 0.4) is 0 Å². The minimum Gasteiger partial charge on any atom is -0.481 e. The van der Waals surface area contributed by atoms with E-state index in [-0.39, 0.29) is 17.8 Å². The molecule has 3 aromatic rings. The number of methoxy groups -OCH3 is 1. The van der Waals surface area contributed by atoms with Crippen LogP contribution in [0, 0.1) is 6.92 Å². The van der Waals surface area contributed by atoms with Crippen LogP contribution in [-0.4, -0.2) is 83.4 Å². The van der Waals surface area contributed by atoms with Crippen LogP contribution in [0.1, 0.15) is 43.6 Å². The Morgan fingerprint density at radius 1 is 1.19 bits per heavy atom. The highest BCUT2D eigenvalue weighted by Gasteiger charge is 2.38. The second kappa shape index (κ2) is 11.8. The quantitative estimate of drug-likeness (QED) is 0.440. The summed E-state index contributed by atoms with van der Waals surface area (Å²) in [5.41, 5.74) is 2.81. The monoisotopic (exact) mass is 575 g/mol. The Balaban J connectivity index is 1.51. The molecule has 12 nitrogen and oxygen atoms in total. The van der Waals surface area contributed by atoms with Crippen molar-refractivity contribution >= 4 is 29.3 Å². The first-order valence-electron chi connectivity index (χ1n) is 14.0. The SMILES string of the molecule is CCN1CC(C)(C)Oc2nc(N3CCOCC3C)nc(-c3ccc(NC(=O)Nc4ccc(OC)nc4)c(C)c3)c2C1=O. The van der Waals surface area contributed by atoms with Crippen molar-refractivity contribution in [1.29, 1.82) is 0 Å². The fourth-order valence-electron chi connectivity index (χ4n) is 5.11. The van der Waals surface area contributed by atoms with Crippen LogP contribution in [0.25, 0.3) is 11.3 Å². The lowest BCUT2D eigenvalue weighted by atomic mass is 10.0. The van der Waals surface area contributed by atoms with E-state index in [0.717, 1.165) is 5.56 Å². The largest absolute Gasteiger partial charge is 0.481 e. The van der Waals surface area contributed by atoms with Gasteiger partial charge in [0.25, 0.3) is 5.91 Å². The van der Waals surface area contributed by atoms with E-state index in [0.29, 0.717) is 72.9 Å². The number of hydrogen-bond acceptors (Lipinski definition) is 9. The van der Waals surface area contributed by atoms with E-state index >= 15 is 0 Å². The summed E-state index contributed by atoms with van der Waals surface area (Å²) in [5, 5.41) is 5.64. The van der Waals surface area contributed by atoms with E-state index in [1.54, 1.807) is 23.1 Å². The van der Waals surface area contributed by atoms with E-state index in [9.17, 15) is 9.59 Å². The minimum absolute atomic E-state index is 0.0546. The minimum atomic E-state index is -0.646. The summed E-state index contributed by atoms with van der Waals surface area (Å²) in [6.45, 7) is 12.5. The van der Waals surface area contributed by atoms with Gasteiger partial charge in [-0.25, -0.2) is 14.8 Å². The van der Waals surface area contributed by atoms with Gasteiger partial charge in [0.15, 0.2) is 0 Å². The third-order valence-electron chi connectivity index (χ3n) is 7.27. The predicted octanol–water partition coefficient (Wildman–Crippen LogP) is 4.36. The van der Waals surface area contributed by atoms with Gasteiger partial charge in [-0.05, 0) is 58.4 Å². The smallest absolute Gasteiger partial charge is 0.323 e. The molecule has 2 aromatic heterocycles. The third-order valence-corrected chi connectivity index (χ3v) is 7.27. The molecule has 1 unspecified atom stereocenters. The van der Waals surface area contributed by atoms with E-state index in [4.69, 9.17) is 24.2 Å². The van der Waals surface area contributed by atoms with Gasteiger partial charge in [0, 0.05) is 30.4 Å². The van der Waals surface area contributed by atoms with Crippen molar-refractivity contribution in [3.05, 3.63) is 47.7 Å². The number of morpholine rings is 1. The zero-order valence-electron chi connectivity index (χ0n) is 24.9. The number of benzene rings is 1. The van der Waals surface area contributed by atoms with E-state index < -0.39 is 11.6 Å². The molecule has 0 radical (unpaired) electrons. The standard InChI is InChI=1S/C30H37N7O5/c1-7-36-17-30(4,5)42-26-24(27(36)38)25(34-28(35-26)37-12-13-41-16-19(37)3)20-8-10-22(18(2)14-20)33-29(39)32-21-9-11-23(40-6)31-15-21/h8-11,14-15,19H,7,12-13,16-17H2,1-6H3,(H2,32,33,39). The zero-order chi connectivity index (χ0) is 30.0. The number of nitrogens with one attached hydrogen (secondary N) is 2. The average molecular weight is 576 g/mol. The number of aromatic nitrogens is 3. The van der Waals surface area contributed by atoms with Gasteiger partial charge in [0.2, 0.25) is 17.7 Å². The van der Waals surface area contributed by atoms with Crippen molar-refractivity contribution in [2.45, 2.75) is 46.3 Å². The molecule has 222 valence electrons. The lowest BCUT2D eigenvalue weighted by Gasteiger charge is -2.34. The average Bonchev–Trinajstić information content (AvgIpc) is 3.06. The summed E-state index contributed by atoms with van der Waals surface area (Å²) in [7, 11) is 1.53. The normalized spacial score (nSPS) is 18.0. The Morgan fingerprint density at radius 2 is 2.00 bits per heavy atom. The summed E-state index contributed by atoms with van der Waals surface area (Å²) in [6.07, 6.45) is 1.52. The van der Waals surface area contributed by atoms with Crippen molar-refractivity contribution < 1.29 is 23.8 Å². The molecule has 2 N–H and O–H groups in total. The molecule has 2 aliphatic rings. The summed E-state index contributed by atoms with van der Waals surface area (Å²) < 4.78 is 17.1. The van der Waals surface area contributed by atoms with Gasteiger partial charge >= 0.3 is 6.03 Å². The van der Waals surface area contributed by atoms with Crippen molar-refractivity contribution in [2.75, 3.05) is 55.5 Å². The second-order valence-electron chi connectivity index (χ2n) is 11.0. The Kier molecular flexibility index (Phi) is 8.17. The molecule has 3 amide bonds. The lowest BCUT2D eigenvalue weighted by molar-refractivity contribution is 0.0541. The van der Waals surface area contributed by atoms with Crippen LogP contribution >= 0.6 is 0 Å². The number of fused-ring (bicyclic) bond motifs is 1. The number of aryl methyl sites for hydroxylation is 1. The Bertz CT molecular complexity index is 1480. The third kappa shape index (κ3) is 6.08. The van der Waals surface area contributed by atoms with Crippen molar-refractivity contribution in [3.63, 3.8) is 0 Å². The van der Waals surface area contributed by atoms with E-state index in [1.807, 2.05) is 39.8 Å². The number of hydrogen-bond donors (Lipinski definition) is 2. The van der Waals surface area contributed by atoms with Crippen LogP contribution in [-0.2, 0) is 4.74 Å². The molecule has 0 aliphatic carbocycles. The summed E-state index contributed by atoms with van der Waals surface area (Å²) in [6, 6.07) is 8.55. The number of pyridine rings is 1. The summed E-state index contributed by atoms with van der Waals surface area (Å²) in [5.74, 6) is 1.03. The molecule has 1 aromatic carbocycles. The van der Waals surface area contributed by atoms with Crippen LogP contribution < -0.4 is 25.0 Å². The fraction of sp³-hybridized carbons (Fsp3) is 0.433. The highest BCUT2D eigenvalue weighted by molar-refractivity contribution is 6.03. The molecular formula is C30H37N7O5. The van der Waals surface area contributed by atoms with Crippen LogP contribution in [0.5, 0.6) is 11.8 Å². The molecule has 0 spiro atoms. The maximum Gasteiger partial charge on any atom is 0.323 e. The summed E-state index contributed by atoms with van der Waals surface area (Å²) >= 11 is 0. The molecule has 2 aliphatic heterocycles. The van der Waals surface area contributed by atoms with Gasteiger partial charge in [-0.1, -0.05) is 6.07 Å². The Hall–Kier alpha value is -4.45. The van der Waals surface area contributed by atoms with Crippen LogP contribution in [0.15, 0.2) is 36.5 Å². The Morgan fingerprint density at radius 3 is 2.67 bits per heavy atom. The van der Waals surface area contributed by atoms with Gasteiger partial charge in [-0.2, -0.15) is 4.98 Å². The first-order chi connectivity index (χ1) is 20.1. The van der Waals surface area contributed by atoms with Gasteiger partial charge in [0.05, 0.1) is 50.5 Å². The van der Waals surface area contributed by atoms with E-state index in [2.05, 4.69) is 27.4 Å². The molecular weight excluding hydrogens is 538 g/mol. The number of amides is 3. The van der Waals surface area contributed by atoms with Gasteiger partial charge < -0.3 is 34.6 Å². The first-order valence-corrected chi connectivity index (χ1v) is 14.0. The number of carbonyl (C=O) groups is 2. The highest BCUT2D eigenvalue weighted by Crippen LogP contribution is 2.37. The number of likely N-dealkylation sites (N-methyl/N-ethyl adjacent to an activating group) is 1. The maximum absolute atomic E-state index is 13.9. The Labute approximate surface area is 245 Å². The second-order valence-corrected chi connectivity index (χ2v) is 11.0. The van der Waals surface area contributed by atoms with Gasteiger partial charge in [-0.3, -0.25) is 4.79 Å². The molecule has 1 fully saturated rings. The fourth-order valence-corrected chi connectivity index (χ4v) is 5.11. The number of rotatable bonds is 6. The van der Waals surface area contributed by atoms with Crippen molar-refractivity contribution in [3.8, 4) is 23.0 Å². The molecule has 12 heteroatoms.